The van der Waals surface area contributed by atoms with Gasteiger partial charge in [-0.15, -0.1) is 0 Å². The third kappa shape index (κ3) is 2.35. The van der Waals surface area contributed by atoms with Crippen LogP contribution in [0.4, 0.5) is 0 Å². The SMILES string of the molecule is CC(=O)OC1COC2(C=CC(=O)C=C2)OO1. The van der Waals surface area contributed by atoms with E-state index < -0.39 is 18.0 Å². The molecule has 0 aromatic rings. The topological polar surface area (TPSA) is 71.1 Å². The minimum Gasteiger partial charge on any atom is -0.431 e. The number of hydrogen-bond donors (Lipinski definition) is 0. The Kier molecular flexibility index (Phi) is 2.86. The Labute approximate surface area is 91.3 Å². The van der Waals surface area contributed by atoms with E-state index in [1.54, 1.807) is 0 Å². The van der Waals surface area contributed by atoms with E-state index in [1.807, 2.05) is 0 Å². The molecule has 1 saturated heterocycles. The summed E-state index contributed by atoms with van der Waals surface area (Å²) in [6, 6.07) is 0. The van der Waals surface area contributed by atoms with E-state index in [9.17, 15) is 9.59 Å². The molecule has 1 heterocycles. The van der Waals surface area contributed by atoms with Crippen molar-refractivity contribution in [3.05, 3.63) is 24.3 Å². The lowest BCUT2D eigenvalue weighted by Crippen LogP contribution is -2.44. The van der Waals surface area contributed by atoms with Gasteiger partial charge in [0.15, 0.2) is 5.78 Å². The molecule has 6 heteroatoms. The van der Waals surface area contributed by atoms with Crippen LogP contribution >= 0.6 is 0 Å². The van der Waals surface area contributed by atoms with Gasteiger partial charge in [0.05, 0.1) is 0 Å². The van der Waals surface area contributed by atoms with Crippen LogP contribution in [0.15, 0.2) is 24.3 Å². The number of rotatable bonds is 1. The van der Waals surface area contributed by atoms with E-state index in [0.717, 1.165) is 0 Å². The number of hydrogen-bond acceptors (Lipinski definition) is 6. The second-order valence-electron chi connectivity index (χ2n) is 3.32. The zero-order chi connectivity index (χ0) is 11.6. The lowest BCUT2D eigenvalue weighted by molar-refractivity contribution is -0.486. The van der Waals surface area contributed by atoms with Crippen LogP contribution in [0.5, 0.6) is 0 Å². The van der Waals surface area contributed by atoms with Gasteiger partial charge in [-0.25, -0.2) is 0 Å². The number of ketones is 1. The molecule has 0 radical (unpaired) electrons. The Morgan fingerprint density at radius 3 is 2.69 bits per heavy atom. The van der Waals surface area contributed by atoms with Crippen molar-refractivity contribution in [3.63, 3.8) is 0 Å². The smallest absolute Gasteiger partial charge is 0.305 e. The molecule has 1 aliphatic heterocycles. The summed E-state index contributed by atoms with van der Waals surface area (Å²) in [5.41, 5.74) is 0. The first kappa shape index (κ1) is 11.0. The summed E-state index contributed by atoms with van der Waals surface area (Å²) in [5, 5.41) is 0. The second-order valence-corrected chi connectivity index (χ2v) is 3.32. The van der Waals surface area contributed by atoms with Crippen molar-refractivity contribution in [1.29, 1.82) is 0 Å². The fraction of sp³-hybridized carbons (Fsp3) is 0.400. The molecule has 1 unspecified atom stereocenters. The molecule has 0 aromatic carbocycles. The van der Waals surface area contributed by atoms with Crippen molar-refractivity contribution < 1.29 is 28.8 Å². The van der Waals surface area contributed by atoms with Crippen LogP contribution < -0.4 is 0 Å². The van der Waals surface area contributed by atoms with Gasteiger partial charge >= 0.3 is 5.97 Å². The zero-order valence-electron chi connectivity index (χ0n) is 8.54. The molecule has 1 fully saturated rings. The van der Waals surface area contributed by atoms with Gasteiger partial charge < -0.3 is 9.47 Å². The standard InChI is InChI=1S/C10H10O6/c1-7(11)14-9-6-13-10(16-15-9)4-2-8(12)3-5-10/h2-5,9H,6H2,1H3. The molecule has 16 heavy (non-hydrogen) atoms. The van der Waals surface area contributed by atoms with Crippen molar-refractivity contribution in [1.82, 2.24) is 0 Å². The number of carbonyl (C=O) groups is 2. The summed E-state index contributed by atoms with van der Waals surface area (Å²) in [6.07, 6.45) is 4.60. The molecular weight excluding hydrogens is 216 g/mol. The Morgan fingerprint density at radius 2 is 2.19 bits per heavy atom. The molecule has 0 saturated carbocycles. The van der Waals surface area contributed by atoms with E-state index in [4.69, 9.17) is 19.2 Å². The van der Waals surface area contributed by atoms with Crippen LogP contribution in [0.2, 0.25) is 0 Å². The van der Waals surface area contributed by atoms with Gasteiger partial charge in [0.2, 0.25) is 5.79 Å². The van der Waals surface area contributed by atoms with Gasteiger partial charge in [0.1, 0.15) is 6.61 Å². The van der Waals surface area contributed by atoms with Crippen molar-refractivity contribution in [2.45, 2.75) is 19.0 Å². The lowest BCUT2D eigenvalue weighted by atomic mass is 10.1. The Morgan fingerprint density at radius 1 is 1.50 bits per heavy atom. The summed E-state index contributed by atoms with van der Waals surface area (Å²) in [5.74, 6) is -1.83. The van der Waals surface area contributed by atoms with Crippen LogP contribution in [0.3, 0.4) is 0 Å². The molecule has 6 nitrogen and oxygen atoms in total. The first-order chi connectivity index (χ1) is 7.60. The first-order valence-electron chi connectivity index (χ1n) is 4.68. The van der Waals surface area contributed by atoms with Gasteiger partial charge in [0.25, 0.3) is 6.29 Å². The van der Waals surface area contributed by atoms with Crippen LogP contribution in [0, 0.1) is 0 Å². The monoisotopic (exact) mass is 226 g/mol. The number of ether oxygens (including phenoxy) is 2. The molecule has 1 atom stereocenters. The average Bonchev–Trinajstić information content (AvgIpc) is 2.26. The largest absolute Gasteiger partial charge is 0.431 e. The molecule has 1 spiro atoms. The lowest BCUT2D eigenvalue weighted by Gasteiger charge is -2.34. The predicted octanol–water partition coefficient (Wildman–Crippen LogP) is 0.245. The first-order valence-corrected chi connectivity index (χ1v) is 4.68. The molecule has 86 valence electrons. The highest BCUT2D eigenvalue weighted by Crippen LogP contribution is 2.26. The average molecular weight is 226 g/mol. The maximum absolute atomic E-state index is 10.9. The van der Waals surface area contributed by atoms with Crippen molar-refractivity contribution >= 4 is 11.8 Å². The van der Waals surface area contributed by atoms with Crippen LogP contribution in [-0.4, -0.2) is 30.4 Å². The van der Waals surface area contributed by atoms with Crippen LogP contribution in [0.1, 0.15) is 6.92 Å². The molecule has 0 N–H and O–H groups in total. The second kappa shape index (κ2) is 4.17. The van der Waals surface area contributed by atoms with E-state index in [2.05, 4.69) is 0 Å². The molecule has 2 rings (SSSR count). The summed E-state index contributed by atoms with van der Waals surface area (Å²) >= 11 is 0. The zero-order valence-corrected chi connectivity index (χ0v) is 8.54. The molecule has 2 aliphatic rings. The minimum absolute atomic E-state index is 0.0302. The van der Waals surface area contributed by atoms with E-state index in [0.29, 0.717) is 0 Å². The summed E-state index contributed by atoms with van der Waals surface area (Å²) in [4.78, 5) is 31.3. The van der Waals surface area contributed by atoms with E-state index in [1.165, 1.54) is 31.2 Å². The molecule has 1 aliphatic carbocycles. The van der Waals surface area contributed by atoms with Crippen molar-refractivity contribution in [2.24, 2.45) is 0 Å². The fourth-order valence-electron chi connectivity index (χ4n) is 1.28. The molecular formula is C10H10O6. The molecule has 0 aromatic heterocycles. The number of carbonyl (C=O) groups excluding carboxylic acids is 2. The number of allylic oxidation sites excluding steroid dienone is 2. The van der Waals surface area contributed by atoms with Gasteiger partial charge in [-0.3, -0.25) is 9.59 Å². The maximum atomic E-state index is 10.9. The normalized spacial score (nSPS) is 27.1. The van der Waals surface area contributed by atoms with E-state index in [-0.39, 0.29) is 12.4 Å². The van der Waals surface area contributed by atoms with Gasteiger partial charge in [0, 0.05) is 6.92 Å². The van der Waals surface area contributed by atoms with Crippen LogP contribution in [-0.2, 0) is 28.8 Å². The molecule has 0 bridgehead atoms. The minimum atomic E-state index is -1.19. The van der Waals surface area contributed by atoms with Crippen molar-refractivity contribution in [3.8, 4) is 0 Å². The quantitative estimate of drug-likeness (QED) is 0.471. The van der Waals surface area contributed by atoms with Gasteiger partial charge in [-0.05, 0) is 24.3 Å². The van der Waals surface area contributed by atoms with Crippen LogP contribution in [0.25, 0.3) is 0 Å². The Balaban J connectivity index is 1.94. The highest BCUT2D eigenvalue weighted by atomic mass is 17.3. The van der Waals surface area contributed by atoms with E-state index >= 15 is 0 Å². The number of esters is 1. The maximum Gasteiger partial charge on any atom is 0.305 e. The Hall–Kier alpha value is -1.50. The summed E-state index contributed by atoms with van der Waals surface area (Å²) in [7, 11) is 0. The summed E-state index contributed by atoms with van der Waals surface area (Å²) in [6.45, 7) is 1.29. The van der Waals surface area contributed by atoms with Gasteiger partial charge in [-0.1, -0.05) is 0 Å². The Bertz CT molecular complexity index is 344. The van der Waals surface area contributed by atoms with Crippen molar-refractivity contribution in [2.75, 3.05) is 6.61 Å². The van der Waals surface area contributed by atoms with Gasteiger partial charge in [-0.2, -0.15) is 9.78 Å². The molecule has 0 amide bonds. The fourth-order valence-corrected chi connectivity index (χ4v) is 1.28. The third-order valence-electron chi connectivity index (χ3n) is 1.99. The highest BCUT2D eigenvalue weighted by molar-refractivity contribution is 6.00. The highest BCUT2D eigenvalue weighted by Gasteiger charge is 2.37. The predicted molar refractivity (Wildman–Crippen MR) is 49.7 cm³/mol. The third-order valence-corrected chi connectivity index (χ3v) is 1.99. The summed E-state index contributed by atoms with van der Waals surface area (Å²) < 4.78 is 10.0.